The largest absolute Gasteiger partial charge is 0.399 e. The second-order valence-electron chi connectivity index (χ2n) is 5.32. The molecule has 0 fully saturated rings. The van der Waals surface area contributed by atoms with E-state index in [0.29, 0.717) is 18.8 Å². The molecule has 3 N–H and O–H groups in total. The van der Waals surface area contributed by atoms with Crippen molar-refractivity contribution in [2.24, 2.45) is 7.05 Å². The number of aromatic nitrogens is 2. The Hall–Kier alpha value is -2.34. The van der Waals surface area contributed by atoms with Crippen molar-refractivity contribution in [3.05, 3.63) is 41.7 Å². The van der Waals surface area contributed by atoms with Crippen molar-refractivity contribution in [1.29, 1.82) is 0 Å². The van der Waals surface area contributed by atoms with E-state index in [1.54, 1.807) is 16.9 Å². The minimum absolute atomic E-state index is 0.0470. The zero-order valence-electron chi connectivity index (χ0n) is 12.6. The fourth-order valence-electron chi connectivity index (χ4n) is 2.18. The maximum atomic E-state index is 12.1. The fourth-order valence-corrected chi connectivity index (χ4v) is 2.18. The summed E-state index contributed by atoms with van der Waals surface area (Å²) in [7, 11) is 3.78. The number of aryl methyl sites for hydroxylation is 2. The average Bonchev–Trinajstić information content (AvgIpc) is 2.78. The van der Waals surface area contributed by atoms with Gasteiger partial charge in [0.15, 0.2) is 0 Å². The molecule has 0 saturated carbocycles. The minimum Gasteiger partial charge on any atom is -0.399 e. The third-order valence-electron chi connectivity index (χ3n) is 3.15. The van der Waals surface area contributed by atoms with Crippen LogP contribution in [0.25, 0.3) is 0 Å². The molecule has 0 saturated heterocycles. The van der Waals surface area contributed by atoms with E-state index in [-0.39, 0.29) is 5.91 Å². The van der Waals surface area contributed by atoms with Crippen molar-refractivity contribution in [3.8, 4) is 0 Å². The number of nitrogen functional groups attached to an aromatic ring is 1. The van der Waals surface area contributed by atoms with E-state index in [1.807, 2.05) is 44.2 Å². The lowest BCUT2D eigenvalue weighted by molar-refractivity contribution is -0.117. The van der Waals surface area contributed by atoms with Gasteiger partial charge in [-0.3, -0.25) is 14.4 Å². The Balaban J connectivity index is 1.89. The number of nitrogens with zero attached hydrogens (tertiary/aromatic N) is 3. The number of hydrogen-bond acceptors (Lipinski definition) is 4. The van der Waals surface area contributed by atoms with Gasteiger partial charge in [-0.2, -0.15) is 5.10 Å². The summed E-state index contributed by atoms with van der Waals surface area (Å²) in [6, 6.07) is 5.45. The molecule has 0 unspecified atom stereocenters. The highest BCUT2D eigenvalue weighted by Crippen LogP contribution is 2.17. The lowest BCUT2D eigenvalue weighted by atomic mass is 10.2. The topological polar surface area (TPSA) is 76.2 Å². The molecular weight excluding hydrogens is 266 g/mol. The molecule has 1 aromatic carbocycles. The quantitative estimate of drug-likeness (QED) is 0.815. The summed E-state index contributed by atoms with van der Waals surface area (Å²) in [5.74, 6) is -0.0470. The molecule has 1 heterocycles. The Morgan fingerprint density at radius 3 is 2.86 bits per heavy atom. The number of likely N-dealkylation sites (N-methyl/N-ethyl adjacent to an activating group) is 1. The maximum absolute atomic E-state index is 12.1. The molecule has 0 atom stereocenters. The average molecular weight is 287 g/mol. The number of anilines is 2. The number of hydrogen-bond donors (Lipinski definition) is 2. The number of rotatable bonds is 5. The van der Waals surface area contributed by atoms with Crippen molar-refractivity contribution in [3.63, 3.8) is 0 Å². The van der Waals surface area contributed by atoms with Crippen LogP contribution in [0.4, 0.5) is 11.4 Å². The number of carbonyl (C=O) groups is 1. The van der Waals surface area contributed by atoms with Crippen LogP contribution in [0, 0.1) is 6.92 Å². The number of carbonyl (C=O) groups excluding carboxylic acids is 1. The Kier molecular flexibility index (Phi) is 4.59. The van der Waals surface area contributed by atoms with E-state index in [9.17, 15) is 4.79 Å². The van der Waals surface area contributed by atoms with Crippen LogP contribution in [0.5, 0.6) is 0 Å². The van der Waals surface area contributed by atoms with Crippen LogP contribution < -0.4 is 11.1 Å². The normalized spacial score (nSPS) is 10.9. The van der Waals surface area contributed by atoms with Crippen LogP contribution in [-0.4, -0.2) is 34.2 Å². The molecule has 0 spiro atoms. The summed E-state index contributed by atoms with van der Waals surface area (Å²) < 4.78 is 1.75. The van der Waals surface area contributed by atoms with Crippen LogP contribution in [0.15, 0.2) is 30.6 Å². The van der Waals surface area contributed by atoms with Crippen LogP contribution in [0.3, 0.4) is 0 Å². The van der Waals surface area contributed by atoms with Gasteiger partial charge in [-0.25, -0.2) is 0 Å². The van der Waals surface area contributed by atoms with Crippen molar-refractivity contribution < 1.29 is 4.79 Å². The van der Waals surface area contributed by atoms with Crippen LogP contribution in [-0.2, 0) is 18.4 Å². The molecule has 2 aromatic rings. The van der Waals surface area contributed by atoms with Gasteiger partial charge in [-0.1, -0.05) is 0 Å². The van der Waals surface area contributed by atoms with Gasteiger partial charge in [0.1, 0.15) is 0 Å². The van der Waals surface area contributed by atoms with Crippen molar-refractivity contribution >= 4 is 17.3 Å². The van der Waals surface area contributed by atoms with Crippen LogP contribution in [0.1, 0.15) is 11.1 Å². The van der Waals surface area contributed by atoms with Crippen LogP contribution >= 0.6 is 0 Å². The summed E-state index contributed by atoms with van der Waals surface area (Å²) in [5, 5.41) is 7.02. The smallest absolute Gasteiger partial charge is 0.238 e. The van der Waals surface area contributed by atoms with Crippen LogP contribution in [0.2, 0.25) is 0 Å². The zero-order valence-corrected chi connectivity index (χ0v) is 12.6. The molecule has 112 valence electrons. The van der Waals surface area contributed by atoms with Gasteiger partial charge < -0.3 is 11.1 Å². The van der Waals surface area contributed by atoms with Crippen molar-refractivity contribution in [1.82, 2.24) is 14.7 Å². The van der Waals surface area contributed by atoms with Gasteiger partial charge in [-0.05, 0) is 37.7 Å². The Labute approximate surface area is 124 Å². The highest BCUT2D eigenvalue weighted by atomic mass is 16.2. The Morgan fingerprint density at radius 2 is 2.24 bits per heavy atom. The maximum Gasteiger partial charge on any atom is 0.238 e. The molecule has 0 radical (unpaired) electrons. The molecule has 2 rings (SSSR count). The third-order valence-corrected chi connectivity index (χ3v) is 3.15. The van der Waals surface area contributed by atoms with Crippen molar-refractivity contribution in [2.45, 2.75) is 13.5 Å². The Morgan fingerprint density at radius 1 is 1.48 bits per heavy atom. The minimum atomic E-state index is -0.0470. The first-order chi connectivity index (χ1) is 9.94. The molecule has 1 amide bonds. The summed E-state index contributed by atoms with van der Waals surface area (Å²) in [6.45, 7) is 2.92. The van der Waals surface area contributed by atoms with E-state index >= 15 is 0 Å². The Bertz CT molecular complexity index is 635. The number of nitrogens with two attached hydrogens (primary N) is 1. The predicted molar refractivity (Wildman–Crippen MR) is 83.8 cm³/mol. The first-order valence-corrected chi connectivity index (χ1v) is 6.76. The van der Waals surface area contributed by atoms with Gasteiger partial charge in [0.05, 0.1) is 12.7 Å². The summed E-state index contributed by atoms with van der Waals surface area (Å²) in [6.07, 6.45) is 3.75. The van der Waals surface area contributed by atoms with Gasteiger partial charge in [-0.15, -0.1) is 0 Å². The molecule has 6 nitrogen and oxygen atoms in total. The van der Waals surface area contributed by atoms with E-state index in [2.05, 4.69) is 10.4 Å². The molecule has 0 bridgehead atoms. The van der Waals surface area contributed by atoms with E-state index in [0.717, 1.165) is 16.8 Å². The van der Waals surface area contributed by atoms with Gasteiger partial charge in [0.25, 0.3) is 0 Å². The highest BCUT2D eigenvalue weighted by Gasteiger charge is 2.09. The molecule has 1 aromatic heterocycles. The molecule has 0 aliphatic rings. The standard InChI is InChI=1S/C15H21N5O/c1-11-6-13(16)4-5-14(11)18-15(21)10-19(2)8-12-7-17-20(3)9-12/h4-7,9H,8,10,16H2,1-3H3,(H,18,21). The van der Waals surface area contributed by atoms with Gasteiger partial charge in [0, 0.05) is 36.7 Å². The molecule has 6 heteroatoms. The first kappa shape index (κ1) is 15.1. The molecule has 21 heavy (non-hydrogen) atoms. The monoisotopic (exact) mass is 287 g/mol. The molecular formula is C15H21N5O. The first-order valence-electron chi connectivity index (χ1n) is 6.76. The van der Waals surface area contributed by atoms with E-state index < -0.39 is 0 Å². The predicted octanol–water partition coefficient (Wildman–Crippen LogP) is 1.38. The fraction of sp³-hybridized carbons (Fsp3) is 0.333. The third kappa shape index (κ3) is 4.32. The van der Waals surface area contributed by atoms with E-state index in [4.69, 9.17) is 5.73 Å². The summed E-state index contributed by atoms with van der Waals surface area (Å²) >= 11 is 0. The lowest BCUT2D eigenvalue weighted by Crippen LogP contribution is -2.29. The molecule has 0 aliphatic carbocycles. The zero-order chi connectivity index (χ0) is 15.4. The molecule has 0 aliphatic heterocycles. The number of benzene rings is 1. The number of amides is 1. The second-order valence-corrected chi connectivity index (χ2v) is 5.32. The summed E-state index contributed by atoms with van der Waals surface area (Å²) in [5.41, 5.74) is 9.22. The van der Waals surface area contributed by atoms with Gasteiger partial charge in [0.2, 0.25) is 5.91 Å². The van der Waals surface area contributed by atoms with Gasteiger partial charge >= 0.3 is 0 Å². The summed E-state index contributed by atoms with van der Waals surface area (Å²) in [4.78, 5) is 14.0. The highest BCUT2D eigenvalue weighted by molar-refractivity contribution is 5.93. The SMILES string of the molecule is Cc1cc(N)ccc1NC(=O)CN(C)Cc1cnn(C)c1. The number of nitrogens with one attached hydrogen (secondary N) is 1. The van der Waals surface area contributed by atoms with Crippen molar-refractivity contribution in [2.75, 3.05) is 24.6 Å². The lowest BCUT2D eigenvalue weighted by Gasteiger charge is -2.16. The van der Waals surface area contributed by atoms with E-state index in [1.165, 1.54) is 0 Å². The second kappa shape index (κ2) is 6.41.